The minimum Gasteiger partial charge on any atom is -0.476 e. The summed E-state index contributed by atoms with van der Waals surface area (Å²) in [4.78, 5) is 38.0. The van der Waals surface area contributed by atoms with E-state index < -0.39 is 5.82 Å². The number of nitrogens with one attached hydrogen (secondary N) is 2. The summed E-state index contributed by atoms with van der Waals surface area (Å²) in [7, 11) is 0. The summed E-state index contributed by atoms with van der Waals surface area (Å²) in [6.07, 6.45) is 4.83. The Morgan fingerprint density at radius 1 is 1.18 bits per heavy atom. The molecule has 0 saturated carbocycles. The van der Waals surface area contributed by atoms with Crippen LogP contribution in [0.15, 0.2) is 48.9 Å². The van der Waals surface area contributed by atoms with Crippen LogP contribution in [0.3, 0.4) is 0 Å². The van der Waals surface area contributed by atoms with Crippen molar-refractivity contribution in [3.05, 3.63) is 70.9 Å². The molecule has 4 N–H and O–H groups in total. The lowest BCUT2D eigenvalue weighted by molar-refractivity contribution is 0.0664. The van der Waals surface area contributed by atoms with Crippen molar-refractivity contribution in [1.82, 2.24) is 29.5 Å². The molecular formula is C30H31ClFN9O3. The van der Waals surface area contributed by atoms with Gasteiger partial charge in [-0.1, -0.05) is 11.6 Å². The van der Waals surface area contributed by atoms with Crippen LogP contribution in [0.1, 0.15) is 22.8 Å². The highest BCUT2D eigenvalue weighted by atomic mass is 35.5. The summed E-state index contributed by atoms with van der Waals surface area (Å²) in [6, 6.07) is 9.91. The van der Waals surface area contributed by atoms with Gasteiger partial charge < -0.3 is 30.9 Å². The van der Waals surface area contributed by atoms with Crippen LogP contribution < -0.4 is 21.1 Å². The third kappa shape index (κ3) is 6.36. The third-order valence-corrected chi connectivity index (χ3v) is 7.56. The molecule has 44 heavy (non-hydrogen) atoms. The highest BCUT2D eigenvalue weighted by molar-refractivity contribution is 6.33. The molecule has 1 saturated heterocycles. The number of aromatic nitrogens is 3. The third-order valence-electron chi connectivity index (χ3n) is 7.19. The number of aryl methyl sites for hydroxylation is 1. The van der Waals surface area contributed by atoms with E-state index in [0.717, 1.165) is 5.56 Å². The zero-order valence-electron chi connectivity index (χ0n) is 24.2. The molecule has 12 nitrogen and oxygen atoms in total. The maximum atomic E-state index is 14.8. The molecule has 3 amide bonds. The highest BCUT2D eigenvalue weighted by Crippen LogP contribution is 2.36. The Balaban J connectivity index is 1.29. The van der Waals surface area contributed by atoms with Gasteiger partial charge in [0.25, 0.3) is 5.91 Å². The van der Waals surface area contributed by atoms with Crippen LogP contribution >= 0.6 is 11.6 Å². The number of piperazine rings is 1. The maximum Gasteiger partial charge on any atom is 0.317 e. The summed E-state index contributed by atoms with van der Waals surface area (Å²) in [5, 5.41) is 14.6. The van der Waals surface area contributed by atoms with Crippen LogP contribution in [-0.2, 0) is 0 Å². The van der Waals surface area contributed by atoms with Crippen molar-refractivity contribution < 1.29 is 18.7 Å². The maximum absolute atomic E-state index is 14.8. The van der Waals surface area contributed by atoms with Gasteiger partial charge in [0, 0.05) is 68.0 Å². The van der Waals surface area contributed by atoms with Crippen LogP contribution in [0.25, 0.3) is 16.9 Å². The lowest BCUT2D eigenvalue weighted by Crippen LogP contribution is -2.54. The minimum atomic E-state index is -0.767. The summed E-state index contributed by atoms with van der Waals surface area (Å²) in [6.45, 7) is 5.52. The molecule has 1 aliphatic heterocycles. The first-order valence-electron chi connectivity index (χ1n) is 13.9. The number of rotatable bonds is 8. The fourth-order valence-electron chi connectivity index (χ4n) is 4.92. The van der Waals surface area contributed by atoms with E-state index in [1.807, 2.05) is 19.9 Å². The SMILES string of the molecule is Cc1cc(Nc2nccn3c(-c4ccc(OCC#N)c(F)c4Cl)cnc23)ccc1C(=O)N1CCN(C(=O)NC[C@H](C)N)CC1. The van der Waals surface area contributed by atoms with E-state index in [-0.39, 0.29) is 35.4 Å². The number of imidazole rings is 1. The molecule has 3 heterocycles. The first-order chi connectivity index (χ1) is 21.2. The number of amides is 3. The predicted octanol–water partition coefficient (Wildman–Crippen LogP) is 3.96. The van der Waals surface area contributed by atoms with Gasteiger partial charge in [0.05, 0.1) is 16.9 Å². The van der Waals surface area contributed by atoms with E-state index >= 15 is 0 Å². The number of nitrogens with two attached hydrogens (primary N) is 1. The zero-order chi connectivity index (χ0) is 31.4. The van der Waals surface area contributed by atoms with E-state index in [0.29, 0.717) is 66.7 Å². The summed E-state index contributed by atoms with van der Waals surface area (Å²) < 4.78 is 21.7. The van der Waals surface area contributed by atoms with Gasteiger partial charge in [-0.2, -0.15) is 5.26 Å². The van der Waals surface area contributed by atoms with Crippen molar-refractivity contribution in [3.63, 3.8) is 0 Å². The first-order valence-corrected chi connectivity index (χ1v) is 14.3. The second-order valence-corrected chi connectivity index (χ2v) is 10.8. The Hall–Kier alpha value is -4.93. The molecule has 1 aliphatic rings. The van der Waals surface area contributed by atoms with Gasteiger partial charge in [-0.15, -0.1) is 0 Å². The lowest BCUT2D eigenvalue weighted by Gasteiger charge is -2.35. The number of carbonyl (C=O) groups excluding carboxylic acids is 2. The molecule has 0 spiro atoms. The Bertz CT molecular complexity index is 1750. The van der Waals surface area contributed by atoms with Gasteiger partial charge in [-0.05, 0) is 49.7 Å². The Labute approximate surface area is 258 Å². The van der Waals surface area contributed by atoms with Gasteiger partial charge in [0.2, 0.25) is 0 Å². The number of nitriles is 1. The molecule has 1 atom stereocenters. The number of fused-ring (bicyclic) bond motifs is 1. The van der Waals surface area contributed by atoms with Gasteiger partial charge in [0.15, 0.2) is 29.6 Å². The van der Waals surface area contributed by atoms with Crippen molar-refractivity contribution in [2.45, 2.75) is 19.9 Å². The van der Waals surface area contributed by atoms with Crippen molar-refractivity contribution in [2.24, 2.45) is 5.73 Å². The van der Waals surface area contributed by atoms with E-state index in [4.69, 9.17) is 27.3 Å². The predicted molar refractivity (Wildman–Crippen MR) is 163 cm³/mol. The van der Waals surface area contributed by atoms with Crippen LogP contribution in [0.2, 0.25) is 5.02 Å². The second-order valence-electron chi connectivity index (χ2n) is 10.4. The molecule has 2 aromatic heterocycles. The van der Waals surface area contributed by atoms with Crippen molar-refractivity contribution in [3.8, 4) is 23.1 Å². The first kappa shape index (κ1) is 30.5. The number of halogens is 2. The van der Waals surface area contributed by atoms with Crippen LogP contribution in [0, 0.1) is 24.1 Å². The molecule has 2 aromatic carbocycles. The number of carbonyl (C=O) groups is 2. The molecule has 1 fully saturated rings. The zero-order valence-corrected chi connectivity index (χ0v) is 24.9. The van der Waals surface area contributed by atoms with Gasteiger partial charge in [0.1, 0.15) is 6.07 Å². The summed E-state index contributed by atoms with van der Waals surface area (Å²) in [5.41, 5.74) is 9.15. The Kier molecular flexibility index (Phi) is 9.12. The van der Waals surface area contributed by atoms with Crippen molar-refractivity contribution in [1.29, 1.82) is 5.26 Å². The Morgan fingerprint density at radius 3 is 2.64 bits per heavy atom. The average Bonchev–Trinajstić information content (AvgIpc) is 3.45. The highest BCUT2D eigenvalue weighted by Gasteiger charge is 2.26. The van der Waals surface area contributed by atoms with Gasteiger partial charge >= 0.3 is 6.03 Å². The minimum absolute atomic E-state index is 0.101. The topological polar surface area (TPSA) is 154 Å². The van der Waals surface area contributed by atoms with Crippen LogP contribution in [0.5, 0.6) is 5.75 Å². The smallest absolute Gasteiger partial charge is 0.317 e. The average molecular weight is 620 g/mol. The van der Waals surface area contributed by atoms with Gasteiger partial charge in [-0.25, -0.2) is 19.2 Å². The lowest BCUT2D eigenvalue weighted by atomic mass is 10.1. The Morgan fingerprint density at radius 2 is 1.93 bits per heavy atom. The fraction of sp³-hybridized carbons (Fsp3) is 0.300. The van der Waals surface area contributed by atoms with Crippen molar-refractivity contribution in [2.75, 3.05) is 44.6 Å². The van der Waals surface area contributed by atoms with E-state index in [1.54, 1.807) is 57.1 Å². The second kappa shape index (κ2) is 13.2. The van der Waals surface area contributed by atoms with Gasteiger partial charge in [-0.3, -0.25) is 9.20 Å². The molecular weight excluding hydrogens is 589 g/mol. The normalized spacial score (nSPS) is 13.8. The molecule has 0 bridgehead atoms. The van der Waals surface area contributed by atoms with Crippen molar-refractivity contribution >= 4 is 40.7 Å². The van der Waals surface area contributed by atoms with E-state index in [2.05, 4.69) is 20.6 Å². The molecule has 0 radical (unpaired) electrons. The number of anilines is 2. The molecule has 4 aromatic rings. The number of nitrogens with zero attached hydrogens (tertiary/aromatic N) is 6. The quantitative estimate of drug-likeness (QED) is 0.268. The fourth-order valence-corrected chi connectivity index (χ4v) is 5.17. The monoisotopic (exact) mass is 619 g/mol. The van der Waals surface area contributed by atoms with Crippen LogP contribution in [-0.4, -0.2) is 81.5 Å². The standard InChI is InChI=1S/C30H31ClFN9O3/c1-18-15-20(3-4-21(18)29(42)39-10-12-40(13-11-39)30(43)37-16-19(2)34)38-27-28-36-17-23(41(28)9-8-35-27)22-5-6-24(44-14-7-33)26(32)25(22)31/h3-6,8-9,15,17,19H,10-14,16,34H2,1-2H3,(H,35,38)(H,37,43)/t19-/m0/s1. The summed E-state index contributed by atoms with van der Waals surface area (Å²) in [5.74, 6) is -0.535. The number of ether oxygens (including phenoxy) is 1. The summed E-state index contributed by atoms with van der Waals surface area (Å²) >= 11 is 6.33. The molecule has 14 heteroatoms. The molecule has 5 rings (SSSR count). The molecule has 0 unspecified atom stereocenters. The van der Waals surface area contributed by atoms with E-state index in [1.165, 1.54) is 6.07 Å². The molecule has 0 aliphatic carbocycles. The largest absolute Gasteiger partial charge is 0.476 e. The number of urea groups is 1. The number of hydrogen-bond donors (Lipinski definition) is 3. The van der Waals surface area contributed by atoms with E-state index in [9.17, 15) is 14.0 Å². The number of hydrogen-bond acceptors (Lipinski definition) is 8. The van der Waals surface area contributed by atoms with Crippen LogP contribution in [0.4, 0.5) is 20.7 Å². The number of benzene rings is 2. The molecule has 228 valence electrons.